The number of thiophene rings is 1. The summed E-state index contributed by atoms with van der Waals surface area (Å²) in [7, 11) is 0. The Morgan fingerprint density at radius 1 is 1.67 bits per heavy atom. The quantitative estimate of drug-likeness (QED) is 0.917. The van der Waals surface area contributed by atoms with E-state index in [4.69, 9.17) is 0 Å². The van der Waals surface area contributed by atoms with Gasteiger partial charge >= 0.3 is 6.61 Å². The summed E-state index contributed by atoms with van der Waals surface area (Å²) in [5.41, 5.74) is 0. The van der Waals surface area contributed by atoms with Gasteiger partial charge in [-0.05, 0) is 19.4 Å². The zero-order chi connectivity index (χ0) is 13.3. The van der Waals surface area contributed by atoms with Crippen LogP contribution in [-0.4, -0.2) is 41.7 Å². The van der Waals surface area contributed by atoms with Gasteiger partial charge in [0.2, 0.25) is 0 Å². The number of β-amino-alcohol motifs (C(OH)–C–C–N with tert-alkyl or cyclic N) is 1. The predicted molar refractivity (Wildman–Crippen MR) is 62.2 cm³/mol. The number of aryl methyl sites for hydroxylation is 1. The average Bonchev–Trinajstić information content (AvgIpc) is 2.83. The van der Waals surface area contributed by atoms with Crippen LogP contribution in [0.2, 0.25) is 0 Å². The second-order valence-corrected chi connectivity index (χ2v) is 5.38. The second kappa shape index (κ2) is 5.19. The first kappa shape index (κ1) is 13.2. The van der Waals surface area contributed by atoms with E-state index in [2.05, 4.69) is 4.74 Å². The third-order valence-electron chi connectivity index (χ3n) is 2.68. The van der Waals surface area contributed by atoms with Crippen LogP contribution in [0.1, 0.15) is 21.0 Å². The lowest BCUT2D eigenvalue weighted by Gasteiger charge is -2.15. The van der Waals surface area contributed by atoms with E-state index in [1.807, 2.05) is 0 Å². The molecule has 1 aliphatic heterocycles. The maximum absolute atomic E-state index is 12.2. The van der Waals surface area contributed by atoms with Crippen LogP contribution < -0.4 is 4.74 Å². The van der Waals surface area contributed by atoms with E-state index in [1.54, 1.807) is 6.92 Å². The smallest absolute Gasteiger partial charge is 0.387 e. The van der Waals surface area contributed by atoms with Crippen LogP contribution in [0.4, 0.5) is 8.78 Å². The van der Waals surface area contributed by atoms with E-state index in [9.17, 15) is 18.7 Å². The maximum atomic E-state index is 12.2. The predicted octanol–water partition coefficient (Wildman–Crippen LogP) is 1.86. The number of amides is 1. The largest absolute Gasteiger partial charge is 0.433 e. The third-order valence-corrected chi connectivity index (χ3v) is 3.70. The molecule has 0 bridgehead atoms. The number of halogens is 2. The summed E-state index contributed by atoms with van der Waals surface area (Å²) in [6, 6.07) is 1.43. The number of carbonyl (C=O) groups excluding carboxylic acids is 1. The van der Waals surface area contributed by atoms with Crippen molar-refractivity contribution in [2.45, 2.75) is 26.1 Å². The Bertz CT molecular complexity index is 449. The zero-order valence-electron chi connectivity index (χ0n) is 9.73. The Kier molecular flexibility index (Phi) is 3.82. The first-order valence-electron chi connectivity index (χ1n) is 5.50. The minimum absolute atomic E-state index is 0.0844. The molecule has 0 spiro atoms. The molecule has 0 saturated carbocycles. The number of hydrogen-bond donors (Lipinski definition) is 1. The van der Waals surface area contributed by atoms with Gasteiger partial charge in [0, 0.05) is 18.0 Å². The Labute approximate surface area is 107 Å². The minimum Gasteiger partial charge on any atom is -0.433 e. The number of aliphatic hydroxyl groups is 1. The van der Waals surface area contributed by atoms with Crippen molar-refractivity contribution < 1.29 is 23.4 Å². The van der Waals surface area contributed by atoms with Crippen LogP contribution in [0.25, 0.3) is 0 Å². The molecule has 18 heavy (non-hydrogen) atoms. The van der Waals surface area contributed by atoms with Gasteiger partial charge in [-0.3, -0.25) is 4.79 Å². The SMILES string of the molecule is Cc1cc(OC(F)F)c(C(=O)N2CC[C@H](O)C2)s1. The van der Waals surface area contributed by atoms with Gasteiger partial charge < -0.3 is 14.7 Å². The molecule has 1 fully saturated rings. The van der Waals surface area contributed by atoms with Gasteiger partial charge in [-0.15, -0.1) is 11.3 Å². The molecule has 1 atom stereocenters. The van der Waals surface area contributed by atoms with Crippen molar-refractivity contribution in [2.24, 2.45) is 0 Å². The number of carbonyl (C=O) groups is 1. The molecule has 2 heterocycles. The van der Waals surface area contributed by atoms with E-state index in [1.165, 1.54) is 11.0 Å². The molecule has 0 unspecified atom stereocenters. The molecule has 4 nitrogen and oxygen atoms in total. The molecular weight excluding hydrogens is 264 g/mol. The Balaban J connectivity index is 2.19. The number of alkyl halides is 2. The van der Waals surface area contributed by atoms with Crippen LogP contribution in [0.3, 0.4) is 0 Å². The maximum Gasteiger partial charge on any atom is 0.387 e. The Morgan fingerprint density at radius 2 is 2.39 bits per heavy atom. The van der Waals surface area contributed by atoms with Gasteiger partial charge in [0.05, 0.1) is 6.10 Å². The summed E-state index contributed by atoms with van der Waals surface area (Å²) in [6.07, 6.45) is -0.0179. The van der Waals surface area contributed by atoms with E-state index >= 15 is 0 Å². The number of nitrogens with zero attached hydrogens (tertiary/aromatic N) is 1. The summed E-state index contributed by atoms with van der Waals surface area (Å²) in [4.78, 5) is 14.5. The summed E-state index contributed by atoms with van der Waals surface area (Å²) in [5.74, 6) is -0.445. The molecule has 100 valence electrons. The molecule has 2 rings (SSSR count). The fourth-order valence-corrected chi connectivity index (χ4v) is 2.81. The third kappa shape index (κ3) is 2.78. The molecule has 7 heteroatoms. The topological polar surface area (TPSA) is 49.8 Å². The van der Waals surface area contributed by atoms with E-state index in [-0.39, 0.29) is 23.1 Å². The summed E-state index contributed by atoms with van der Waals surface area (Å²) >= 11 is 1.12. The molecule has 1 aromatic rings. The van der Waals surface area contributed by atoms with Crippen LogP contribution >= 0.6 is 11.3 Å². The fraction of sp³-hybridized carbons (Fsp3) is 0.545. The number of ether oxygens (including phenoxy) is 1. The molecular formula is C11H13F2NO3S. The van der Waals surface area contributed by atoms with Crippen LogP contribution in [0.5, 0.6) is 5.75 Å². The standard InChI is InChI=1S/C11H13F2NO3S/c1-6-4-8(17-11(12)13)9(18-6)10(16)14-3-2-7(15)5-14/h4,7,11,15H,2-3,5H2,1H3/t7-/m0/s1. The average molecular weight is 277 g/mol. The number of aliphatic hydroxyl groups excluding tert-OH is 1. The van der Waals surface area contributed by atoms with Crippen molar-refractivity contribution in [3.63, 3.8) is 0 Å². The van der Waals surface area contributed by atoms with E-state index in [0.29, 0.717) is 13.0 Å². The Hall–Kier alpha value is -1.21. The highest BCUT2D eigenvalue weighted by Crippen LogP contribution is 2.32. The number of hydrogen-bond acceptors (Lipinski definition) is 4. The second-order valence-electron chi connectivity index (χ2n) is 4.12. The normalized spacial score (nSPS) is 19.6. The van der Waals surface area contributed by atoms with Gasteiger partial charge in [0.1, 0.15) is 10.6 Å². The van der Waals surface area contributed by atoms with Crippen LogP contribution in [-0.2, 0) is 0 Å². The number of rotatable bonds is 3. The molecule has 1 N–H and O–H groups in total. The summed E-state index contributed by atoms with van der Waals surface area (Å²) in [5, 5.41) is 9.37. The highest BCUT2D eigenvalue weighted by Gasteiger charge is 2.29. The van der Waals surface area contributed by atoms with Crippen molar-refractivity contribution in [1.29, 1.82) is 0 Å². The molecule has 1 aliphatic rings. The molecule has 1 saturated heterocycles. The zero-order valence-corrected chi connectivity index (χ0v) is 10.5. The van der Waals surface area contributed by atoms with Crippen molar-refractivity contribution in [2.75, 3.05) is 13.1 Å². The lowest BCUT2D eigenvalue weighted by Crippen LogP contribution is -2.29. The monoisotopic (exact) mass is 277 g/mol. The van der Waals surface area contributed by atoms with Gasteiger partial charge in [0.25, 0.3) is 5.91 Å². The Morgan fingerprint density at radius 3 is 2.94 bits per heavy atom. The highest BCUT2D eigenvalue weighted by atomic mass is 32.1. The summed E-state index contributed by atoms with van der Waals surface area (Å²) in [6.45, 7) is -0.553. The lowest BCUT2D eigenvalue weighted by atomic mass is 10.3. The molecule has 0 aliphatic carbocycles. The van der Waals surface area contributed by atoms with Crippen molar-refractivity contribution in [3.05, 3.63) is 15.8 Å². The van der Waals surface area contributed by atoms with Crippen LogP contribution in [0, 0.1) is 6.92 Å². The fourth-order valence-electron chi connectivity index (χ4n) is 1.89. The lowest BCUT2D eigenvalue weighted by molar-refractivity contribution is -0.0499. The molecule has 1 amide bonds. The van der Waals surface area contributed by atoms with Gasteiger partial charge in [0.15, 0.2) is 0 Å². The van der Waals surface area contributed by atoms with E-state index in [0.717, 1.165) is 16.2 Å². The van der Waals surface area contributed by atoms with Crippen LogP contribution in [0.15, 0.2) is 6.07 Å². The highest BCUT2D eigenvalue weighted by molar-refractivity contribution is 7.14. The molecule has 0 radical (unpaired) electrons. The van der Waals surface area contributed by atoms with Gasteiger partial charge in [-0.25, -0.2) is 0 Å². The minimum atomic E-state index is -2.95. The van der Waals surface area contributed by atoms with Gasteiger partial charge in [-0.1, -0.05) is 0 Å². The van der Waals surface area contributed by atoms with Crippen molar-refractivity contribution >= 4 is 17.2 Å². The van der Waals surface area contributed by atoms with Crippen molar-refractivity contribution in [1.82, 2.24) is 4.90 Å². The van der Waals surface area contributed by atoms with E-state index < -0.39 is 12.7 Å². The molecule has 1 aromatic heterocycles. The number of likely N-dealkylation sites (tertiary alicyclic amines) is 1. The van der Waals surface area contributed by atoms with Gasteiger partial charge in [-0.2, -0.15) is 8.78 Å². The molecule has 0 aromatic carbocycles. The summed E-state index contributed by atoms with van der Waals surface area (Å²) < 4.78 is 28.8. The first-order valence-corrected chi connectivity index (χ1v) is 6.31. The first-order chi connectivity index (χ1) is 8.47. The van der Waals surface area contributed by atoms with Crippen molar-refractivity contribution in [3.8, 4) is 5.75 Å².